The van der Waals surface area contributed by atoms with Gasteiger partial charge in [-0.2, -0.15) is 0 Å². The Morgan fingerprint density at radius 2 is 1.65 bits per heavy atom. The maximum atomic E-state index is 10.8. The highest BCUT2D eigenvalue weighted by atomic mass is 16.1. The van der Waals surface area contributed by atoms with Gasteiger partial charge in [-0.05, 0) is 29.9 Å². The zero-order chi connectivity index (χ0) is 12.1. The van der Waals surface area contributed by atoms with Crippen molar-refractivity contribution < 1.29 is 4.79 Å². The summed E-state index contributed by atoms with van der Waals surface area (Å²) in [6, 6.07) is 8.44. The number of hydrogen-bond donors (Lipinski definition) is 1. The molecule has 0 radical (unpaired) electrons. The summed E-state index contributed by atoms with van der Waals surface area (Å²) >= 11 is 0. The summed E-state index contributed by atoms with van der Waals surface area (Å²) in [6.07, 6.45) is 8.46. The predicted molar refractivity (Wildman–Crippen MR) is 69.8 cm³/mol. The number of amides is 1. The van der Waals surface area contributed by atoms with Crippen LogP contribution in [0.2, 0.25) is 0 Å². The van der Waals surface area contributed by atoms with Crippen LogP contribution in [0.15, 0.2) is 24.3 Å². The molecule has 1 aromatic carbocycles. The molecule has 1 saturated carbocycles. The number of carbonyl (C=O) groups is 1. The Kier molecular flexibility index (Phi) is 4.18. The maximum Gasteiger partial charge on any atom is 0.221 e. The quantitative estimate of drug-likeness (QED) is 0.798. The number of rotatable bonds is 3. The van der Waals surface area contributed by atoms with Crippen LogP contribution in [0.25, 0.3) is 0 Å². The number of nitrogens with two attached hydrogens (primary N) is 1. The van der Waals surface area contributed by atoms with Crippen LogP contribution in [-0.4, -0.2) is 5.91 Å². The van der Waals surface area contributed by atoms with Gasteiger partial charge < -0.3 is 5.73 Å². The third kappa shape index (κ3) is 3.58. The van der Waals surface area contributed by atoms with Crippen molar-refractivity contribution in [3.8, 4) is 0 Å². The first-order chi connectivity index (χ1) is 8.25. The molecule has 0 bridgehead atoms. The summed E-state index contributed by atoms with van der Waals surface area (Å²) in [7, 11) is 0. The summed E-state index contributed by atoms with van der Waals surface area (Å²) in [5.74, 6) is 0.465. The van der Waals surface area contributed by atoms with Gasteiger partial charge in [0.15, 0.2) is 0 Å². The second kappa shape index (κ2) is 5.85. The number of carbonyl (C=O) groups excluding carboxylic acids is 1. The van der Waals surface area contributed by atoms with Crippen LogP contribution >= 0.6 is 0 Å². The highest BCUT2D eigenvalue weighted by Gasteiger charge is 2.14. The van der Waals surface area contributed by atoms with Crippen LogP contribution in [0.4, 0.5) is 0 Å². The van der Waals surface area contributed by atoms with Crippen molar-refractivity contribution in [1.29, 1.82) is 0 Å². The summed E-state index contributed by atoms with van der Waals surface area (Å²) in [5.41, 5.74) is 7.64. The molecule has 17 heavy (non-hydrogen) atoms. The lowest BCUT2D eigenvalue weighted by molar-refractivity contribution is -0.117. The first-order valence-corrected chi connectivity index (χ1v) is 6.63. The van der Waals surface area contributed by atoms with E-state index in [1.165, 1.54) is 44.1 Å². The summed E-state index contributed by atoms with van der Waals surface area (Å²) < 4.78 is 0. The van der Waals surface area contributed by atoms with E-state index in [9.17, 15) is 4.79 Å². The van der Waals surface area contributed by atoms with E-state index in [1.807, 2.05) is 12.1 Å². The minimum absolute atomic E-state index is 0.257. The first kappa shape index (κ1) is 12.2. The smallest absolute Gasteiger partial charge is 0.221 e. The Morgan fingerprint density at radius 3 is 2.18 bits per heavy atom. The lowest BCUT2D eigenvalue weighted by Gasteiger charge is -2.14. The molecule has 0 aromatic heterocycles. The van der Waals surface area contributed by atoms with E-state index in [0.29, 0.717) is 6.42 Å². The number of primary amides is 1. The molecular formula is C15H21NO. The van der Waals surface area contributed by atoms with Gasteiger partial charge in [0.1, 0.15) is 0 Å². The molecule has 92 valence electrons. The van der Waals surface area contributed by atoms with Crippen LogP contribution in [-0.2, 0) is 11.2 Å². The summed E-state index contributed by atoms with van der Waals surface area (Å²) in [4.78, 5) is 10.8. The molecule has 2 rings (SSSR count). The third-order valence-corrected chi connectivity index (χ3v) is 3.68. The third-order valence-electron chi connectivity index (χ3n) is 3.68. The van der Waals surface area contributed by atoms with Gasteiger partial charge in [0.2, 0.25) is 5.91 Å². The first-order valence-electron chi connectivity index (χ1n) is 6.63. The average Bonchev–Trinajstić information content (AvgIpc) is 2.58. The van der Waals surface area contributed by atoms with Crippen molar-refractivity contribution >= 4 is 5.91 Å². The van der Waals surface area contributed by atoms with E-state index in [2.05, 4.69) is 12.1 Å². The van der Waals surface area contributed by atoms with Gasteiger partial charge >= 0.3 is 0 Å². The fourth-order valence-corrected chi connectivity index (χ4v) is 2.72. The molecular weight excluding hydrogens is 210 g/mol. The SMILES string of the molecule is NC(=O)Cc1ccc(C2CCCCCC2)cc1. The van der Waals surface area contributed by atoms with Crippen LogP contribution in [0.3, 0.4) is 0 Å². The van der Waals surface area contributed by atoms with Crippen molar-refractivity contribution in [2.24, 2.45) is 5.73 Å². The van der Waals surface area contributed by atoms with Gasteiger partial charge in [-0.3, -0.25) is 4.79 Å². The molecule has 0 unspecified atom stereocenters. The molecule has 1 aliphatic carbocycles. The summed E-state index contributed by atoms with van der Waals surface area (Å²) in [5, 5.41) is 0. The molecule has 0 aliphatic heterocycles. The van der Waals surface area contributed by atoms with E-state index < -0.39 is 0 Å². The normalized spacial score (nSPS) is 17.6. The number of benzene rings is 1. The minimum atomic E-state index is -0.257. The van der Waals surface area contributed by atoms with Crippen molar-refractivity contribution in [2.75, 3.05) is 0 Å². The van der Waals surface area contributed by atoms with Crippen LogP contribution in [0, 0.1) is 0 Å². The lowest BCUT2D eigenvalue weighted by Crippen LogP contribution is -2.13. The van der Waals surface area contributed by atoms with E-state index in [1.54, 1.807) is 0 Å². The second-order valence-electron chi connectivity index (χ2n) is 5.07. The van der Waals surface area contributed by atoms with Gasteiger partial charge in [0.05, 0.1) is 6.42 Å². The molecule has 1 amide bonds. The zero-order valence-corrected chi connectivity index (χ0v) is 10.3. The topological polar surface area (TPSA) is 43.1 Å². The minimum Gasteiger partial charge on any atom is -0.369 e. The molecule has 1 fully saturated rings. The lowest BCUT2D eigenvalue weighted by atomic mass is 9.91. The van der Waals surface area contributed by atoms with Crippen LogP contribution in [0.1, 0.15) is 55.6 Å². The number of hydrogen-bond acceptors (Lipinski definition) is 1. The zero-order valence-electron chi connectivity index (χ0n) is 10.3. The Labute approximate surface area is 103 Å². The van der Waals surface area contributed by atoms with Crippen molar-refractivity contribution in [2.45, 2.75) is 50.9 Å². The second-order valence-corrected chi connectivity index (χ2v) is 5.07. The van der Waals surface area contributed by atoms with Gasteiger partial charge in [-0.1, -0.05) is 49.9 Å². The molecule has 2 nitrogen and oxygen atoms in total. The van der Waals surface area contributed by atoms with E-state index in [4.69, 9.17) is 5.73 Å². The average molecular weight is 231 g/mol. The highest BCUT2D eigenvalue weighted by Crippen LogP contribution is 2.31. The Morgan fingerprint density at radius 1 is 1.06 bits per heavy atom. The van der Waals surface area contributed by atoms with E-state index in [0.717, 1.165) is 11.5 Å². The monoisotopic (exact) mass is 231 g/mol. The molecule has 0 atom stereocenters. The highest BCUT2D eigenvalue weighted by molar-refractivity contribution is 5.76. The van der Waals surface area contributed by atoms with Crippen molar-refractivity contribution in [1.82, 2.24) is 0 Å². The van der Waals surface area contributed by atoms with E-state index >= 15 is 0 Å². The molecule has 0 saturated heterocycles. The Balaban J connectivity index is 2.03. The molecule has 2 N–H and O–H groups in total. The van der Waals surface area contributed by atoms with Crippen molar-refractivity contribution in [3.63, 3.8) is 0 Å². The van der Waals surface area contributed by atoms with Gasteiger partial charge in [-0.25, -0.2) is 0 Å². The Bertz CT molecular complexity index is 361. The largest absolute Gasteiger partial charge is 0.369 e. The molecule has 0 spiro atoms. The molecule has 1 aliphatic rings. The van der Waals surface area contributed by atoms with Gasteiger partial charge in [0.25, 0.3) is 0 Å². The van der Waals surface area contributed by atoms with Crippen molar-refractivity contribution in [3.05, 3.63) is 35.4 Å². The maximum absolute atomic E-state index is 10.8. The van der Waals surface area contributed by atoms with Crippen LogP contribution < -0.4 is 5.73 Å². The predicted octanol–water partition coefficient (Wildman–Crippen LogP) is 3.15. The van der Waals surface area contributed by atoms with E-state index in [-0.39, 0.29) is 5.91 Å². The standard InChI is InChI=1S/C15H21NO/c16-15(17)11-12-7-9-14(10-8-12)13-5-3-1-2-4-6-13/h7-10,13H,1-6,11H2,(H2,16,17). The molecule has 0 heterocycles. The Hall–Kier alpha value is -1.31. The summed E-state index contributed by atoms with van der Waals surface area (Å²) in [6.45, 7) is 0. The fraction of sp³-hybridized carbons (Fsp3) is 0.533. The molecule has 1 aromatic rings. The fourth-order valence-electron chi connectivity index (χ4n) is 2.72. The van der Waals surface area contributed by atoms with Crippen LogP contribution in [0.5, 0.6) is 0 Å². The van der Waals surface area contributed by atoms with Gasteiger partial charge in [-0.15, -0.1) is 0 Å². The molecule has 2 heteroatoms. The van der Waals surface area contributed by atoms with Gasteiger partial charge in [0, 0.05) is 0 Å².